The lowest BCUT2D eigenvalue weighted by atomic mass is 9.74. The third-order valence-electron chi connectivity index (χ3n) is 4.35. The Morgan fingerprint density at radius 1 is 1.40 bits per heavy atom. The van der Waals surface area contributed by atoms with Gasteiger partial charge in [0.15, 0.2) is 0 Å². The molecule has 0 spiro atoms. The number of carbonyl (C=O) groups is 1. The molecule has 1 aliphatic carbocycles. The van der Waals surface area contributed by atoms with Gasteiger partial charge in [0.05, 0.1) is 11.1 Å². The van der Waals surface area contributed by atoms with Crippen molar-refractivity contribution in [2.24, 2.45) is 0 Å². The Morgan fingerprint density at radius 3 is 2.80 bits per heavy atom. The highest BCUT2D eigenvalue weighted by atomic mass is 16.1. The Kier molecular flexibility index (Phi) is 3.08. The third kappa shape index (κ3) is 2.11. The number of anilines is 1. The van der Waals surface area contributed by atoms with E-state index in [4.69, 9.17) is 5.73 Å². The lowest BCUT2D eigenvalue weighted by Crippen LogP contribution is -2.53. The quantitative estimate of drug-likeness (QED) is 0.900. The van der Waals surface area contributed by atoms with Crippen LogP contribution in [0.5, 0.6) is 0 Å². The minimum atomic E-state index is -0.0446. The maximum Gasteiger partial charge on any atom is 0.252 e. The van der Waals surface area contributed by atoms with Crippen LogP contribution in [0.3, 0.4) is 0 Å². The van der Waals surface area contributed by atoms with Gasteiger partial charge in [0.1, 0.15) is 5.82 Å². The molecule has 20 heavy (non-hydrogen) atoms. The molecule has 1 amide bonds. The molecule has 0 atom stereocenters. The molecule has 0 saturated heterocycles. The smallest absolute Gasteiger partial charge is 0.252 e. The van der Waals surface area contributed by atoms with Gasteiger partial charge in [-0.2, -0.15) is 0 Å². The van der Waals surface area contributed by atoms with Crippen molar-refractivity contribution in [2.75, 3.05) is 5.73 Å². The summed E-state index contributed by atoms with van der Waals surface area (Å²) in [5.41, 5.74) is 7.18. The highest BCUT2D eigenvalue weighted by Crippen LogP contribution is 2.35. The van der Waals surface area contributed by atoms with Crippen molar-refractivity contribution in [2.45, 2.75) is 38.1 Å². The van der Waals surface area contributed by atoms with Crippen LogP contribution in [0.4, 0.5) is 5.82 Å². The Hall–Kier alpha value is -2.10. The van der Waals surface area contributed by atoms with E-state index in [9.17, 15) is 4.79 Å². The largest absolute Gasteiger partial charge is 0.384 e. The van der Waals surface area contributed by atoms with E-state index in [0.717, 1.165) is 30.2 Å². The number of aromatic nitrogens is 1. The number of para-hydroxylation sites is 1. The lowest BCUT2D eigenvalue weighted by molar-refractivity contribution is 0.0822. The van der Waals surface area contributed by atoms with E-state index >= 15 is 0 Å². The average Bonchev–Trinajstić information content (AvgIpc) is 2.41. The molecular formula is C16H19N3O. The van der Waals surface area contributed by atoms with Crippen molar-refractivity contribution in [3.05, 3.63) is 35.9 Å². The zero-order chi connectivity index (χ0) is 14.2. The van der Waals surface area contributed by atoms with Gasteiger partial charge in [0.2, 0.25) is 0 Å². The van der Waals surface area contributed by atoms with Crippen molar-refractivity contribution in [3.63, 3.8) is 0 Å². The summed E-state index contributed by atoms with van der Waals surface area (Å²) in [5.74, 6) is 0.338. The highest BCUT2D eigenvalue weighted by Gasteiger charge is 2.36. The van der Waals surface area contributed by atoms with E-state index in [1.807, 2.05) is 24.3 Å². The fourth-order valence-corrected chi connectivity index (χ4v) is 2.86. The summed E-state index contributed by atoms with van der Waals surface area (Å²) >= 11 is 0. The van der Waals surface area contributed by atoms with Crippen LogP contribution in [-0.4, -0.2) is 16.4 Å². The summed E-state index contributed by atoms with van der Waals surface area (Å²) in [6, 6.07) is 9.27. The third-order valence-corrected chi connectivity index (χ3v) is 4.35. The van der Waals surface area contributed by atoms with E-state index in [0.29, 0.717) is 11.4 Å². The van der Waals surface area contributed by atoms with Crippen LogP contribution < -0.4 is 11.1 Å². The second kappa shape index (κ2) is 4.78. The van der Waals surface area contributed by atoms with Crippen LogP contribution in [0.1, 0.15) is 43.0 Å². The molecule has 1 saturated carbocycles. The molecule has 3 rings (SSSR count). The number of benzene rings is 1. The Labute approximate surface area is 118 Å². The first-order chi connectivity index (χ1) is 9.63. The van der Waals surface area contributed by atoms with Crippen LogP contribution in [0.25, 0.3) is 10.9 Å². The van der Waals surface area contributed by atoms with E-state index in [2.05, 4.69) is 17.2 Å². The van der Waals surface area contributed by atoms with Gasteiger partial charge in [-0.05, 0) is 37.8 Å². The molecule has 104 valence electrons. The second-order valence-electron chi connectivity index (χ2n) is 5.55. The molecule has 2 aromatic rings. The fourth-order valence-electron chi connectivity index (χ4n) is 2.86. The van der Waals surface area contributed by atoms with Crippen molar-refractivity contribution in [1.82, 2.24) is 10.3 Å². The summed E-state index contributed by atoms with van der Waals surface area (Å²) in [6.07, 6.45) is 4.28. The number of nitrogens with two attached hydrogens (primary N) is 1. The van der Waals surface area contributed by atoms with E-state index in [1.165, 1.54) is 6.42 Å². The molecule has 3 N–H and O–H groups in total. The van der Waals surface area contributed by atoms with Gasteiger partial charge < -0.3 is 11.1 Å². The lowest BCUT2D eigenvalue weighted by Gasteiger charge is -2.42. The number of hydrogen-bond donors (Lipinski definition) is 2. The van der Waals surface area contributed by atoms with Gasteiger partial charge in [-0.15, -0.1) is 0 Å². The molecule has 1 fully saturated rings. The normalized spacial score (nSPS) is 16.6. The minimum Gasteiger partial charge on any atom is -0.384 e. The maximum atomic E-state index is 12.6. The Balaban J connectivity index is 1.99. The number of rotatable bonds is 3. The number of pyridine rings is 1. The molecule has 0 unspecified atom stereocenters. The van der Waals surface area contributed by atoms with E-state index < -0.39 is 0 Å². The SMILES string of the molecule is CCC1(NC(=O)c2cc(N)nc3ccccc23)CCC1. The van der Waals surface area contributed by atoms with Gasteiger partial charge in [-0.25, -0.2) is 4.98 Å². The molecule has 1 aliphatic rings. The second-order valence-corrected chi connectivity index (χ2v) is 5.55. The van der Waals surface area contributed by atoms with Gasteiger partial charge in [0.25, 0.3) is 5.91 Å². The zero-order valence-corrected chi connectivity index (χ0v) is 11.6. The van der Waals surface area contributed by atoms with Crippen molar-refractivity contribution < 1.29 is 4.79 Å². The van der Waals surface area contributed by atoms with Gasteiger partial charge in [-0.3, -0.25) is 4.79 Å². The fraction of sp³-hybridized carbons (Fsp3) is 0.375. The van der Waals surface area contributed by atoms with Crippen molar-refractivity contribution in [1.29, 1.82) is 0 Å². The van der Waals surface area contributed by atoms with Crippen molar-refractivity contribution in [3.8, 4) is 0 Å². The van der Waals surface area contributed by atoms with Crippen LogP contribution >= 0.6 is 0 Å². The number of nitrogen functional groups attached to an aromatic ring is 1. The topological polar surface area (TPSA) is 68.0 Å². The summed E-state index contributed by atoms with van der Waals surface area (Å²) in [6.45, 7) is 2.12. The first-order valence-corrected chi connectivity index (χ1v) is 7.11. The number of fused-ring (bicyclic) bond motifs is 1. The van der Waals surface area contributed by atoms with Gasteiger partial charge in [0, 0.05) is 10.9 Å². The Bertz CT molecular complexity index is 656. The minimum absolute atomic E-state index is 0.0176. The molecule has 0 aliphatic heterocycles. The monoisotopic (exact) mass is 269 g/mol. The molecule has 1 aromatic carbocycles. The van der Waals surface area contributed by atoms with E-state index in [-0.39, 0.29) is 11.4 Å². The van der Waals surface area contributed by atoms with Crippen LogP contribution in [0.2, 0.25) is 0 Å². The average molecular weight is 269 g/mol. The number of nitrogens with one attached hydrogen (secondary N) is 1. The number of hydrogen-bond acceptors (Lipinski definition) is 3. The molecule has 0 bridgehead atoms. The molecule has 1 heterocycles. The molecule has 4 heteroatoms. The van der Waals surface area contributed by atoms with Crippen LogP contribution in [0, 0.1) is 0 Å². The number of carbonyl (C=O) groups excluding carboxylic acids is 1. The molecule has 1 aromatic heterocycles. The van der Waals surface area contributed by atoms with Gasteiger partial charge in [-0.1, -0.05) is 25.1 Å². The zero-order valence-electron chi connectivity index (χ0n) is 11.6. The summed E-state index contributed by atoms with van der Waals surface area (Å²) in [7, 11) is 0. The van der Waals surface area contributed by atoms with Crippen LogP contribution in [-0.2, 0) is 0 Å². The van der Waals surface area contributed by atoms with Gasteiger partial charge >= 0.3 is 0 Å². The predicted octanol–water partition coefficient (Wildman–Crippen LogP) is 2.88. The molecule has 4 nitrogen and oxygen atoms in total. The maximum absolute atomic E-state index is 12.6. The highest BCUT2D eigenvalue weighted by molar-refractivity contribution is 6.07. The summed E-state index contributed by atoms with van der Waals surface area (Å²) in [4.78, 5) is 16.9. The summed E-state index contributed by atoms with van der Waals surface area (Å²) < 4.78 is 0. The van der Waals surface area contributed by atoms with Crippen LogP contribution in [0.15, 0.2) is 30.3 Å². The molecule has 0 radical (unpaired) electrons. The predicted molar refractivity (Wildman–Crippen MR) is 80.5 cm³/mol. The first kappa shape index (κ1) is 12.9. The first-order valence-electron chi connectivity index (χ1n) is 7.11. The molecular weight excluding hydrogens is 250 g/mol. The summed E-state index contributed by atoms with van der Waals surface area (Å²) in [5, 5.41) is 4.04. The Morgan fingerprint density at radius 2 is 2.15 bits per heavy atom. The van der Waals surface area contributed by atoms with E-state index in [1.54, 1.807) is 6.07 Å². The standard InChI is InChI=1S/C16H19N3O/c1-2-16(8-5-9-16)19-15(20)12-10-14(17)18-13-7-4-3-6-11(12)13/h3-4,6-7,10H,2,5,8-9H2,1H3,(H2,17,18)(H,19,20). The number of amides is 1. The number of nitrogens with zero attached hydrogens (tertiary/aromatic N) is 1. The van der Waals surface area contributed by atoms with Crippen molar-refractivity contribution >= 4 is 22.6 Å².